The van der Waals surface area contributed by atoms with E-state index in [2.05, 4.69) is 5.32 Å². The van der Waals surface area contributed by atoms with E-state index in [1.54, 1.807) is 25.1 Å². The van der Waals surface area contributed by atoms with Crippen molar-refractivity contribution in [2.45, 2.75) is 59.9 Å². The number of nitrogens with two attached hydrogens (primary N) is 1. The molecule has 3 rings (SSSR count). The Hall–Kier alpha value is -3.22. The summed E-state index contributed by atoms with van der Waals surface area (Å²) in [7, 11) is 0. The predicted molar refractivity (Wildman–Crippen MR) is 131 cm³/mol. The molecule has 0 aliphatic heterocycles. The van der Waals surface area contributed by atoms with Crippen LogP contribution in [0, 0.1) is 18.2 Å². The molecule has 34 heavy (non-hydrogen) atoms. The largest absolute Gasteiger partial charge is 0.366 e. The Morgan fingerprint density at radius 1 is 1.09 bits per heavy atom. The maximum Gasteiger partial charge on any atom is 0.254 e. The fourth-order valence-electron chi connectivity index (χ4n) is 3.88. The minimum atomic E-state index is -0.753. The SMILES string of the molecule is CCCN(C(=O)c1cc(C(=O)NCC(C)(C)C)ccc1-c1cc(C(N)=O)cc(F)c1C)C1CC1. The zero-order valence-electron chi connectivity index (χ0n) is 20.6. The van der Waals surface area contributed by atoms with Gasteiger partial charge in [0.15, 0.2) is 0 Å². The molecule has 1 aliphatic carbocycles. The number of nitrogens with one attached hydrogen (secondary N) is 1. The van der Waals surface area contributed by atoms with Crippen LogP contribution in [0.15, 0.2) is 30.3 Å². The molecule has 0 atom stereocenters. The van der Waals surface area contributed by atoms with Crippen molar-refractivity contribution >= 4 is 17.7 Å². The first-order valence-corrected chi connectivity index (χ1v) is 11.8. The Labute approximate surface area is 200 Å². The average molecular weight is 468 g/mol. The molecule has 0 saturated heterocycles. The van der Waals surface area contributed by atoms with Gasteiger partial charge in [0, 0.05) is 35.8 Å². The number of carbonyl (C=O) groups is 3. The maximum atomic E-state index is 14.7. The van der Waals surface area contributed by atoms with E-state index in [4.69, 9.17) is 5.73 Å². The lowest BCUT2D eigenvalue weighted by atomic mass is 9.91. The number of rotatable bonds is 8. The number of primary amides is 1. The van der Waals surface area contributed by atoms with Crippen molar-refractivity contribution in [1.29, 1.82) is 0 Å². The van der Waals surface area contributed by atoms with Crippen molar-refractivity contribution in [2.24, 2.45) is 11.1 Å². The Balaban J connectivity index is 2.13. The van der Waals surface area contributed by atoms with E-state index in [1.165, 1.54) is 6.07 Å². The molecule has 0 heterocycles. The third kappa shape index (κ3) is 5.82. The summed E-state index contributed by atoms with van der Waals surface area (Å²) in [4.78, 5) is 40.2. The van der Waals surface area contributed by atoms with Crippen LogP contribution in [-0.4, -0.2) is 41.8 Å². The van der Waals surface area contributed by atoms with Crippen LogP contribution in [0.2, 0.25) is 0 Å². The van der Waals surface area contributed by atoms with Gasteiger partial charge >= 0.3 is 0 Å². The fraction of sp³-hybridized carbons (Fsp3) is 0.444. The van der Waals surface area contributed by atoms with Gasteiger partial charge in [0.1, 0.15) is 5.82 Å². The van der Waals surface area contributed by atoms with Crippen LogP contribution < -0.4 is 11.1 Å². The maximum absolute atomic E-state index is 14.7. The number of hydrogen-bond acceptors (Lipinski definition) is 3. The zero-order valence-corrected chi connectivity index (χ0v) is 20.6. The molecule has 182 valence electrons. The highest BCUT2D eigenvalue weighted by Crippen LogP contribution is 2.34. The number of hydrogen-bond donors (Lipinski definition) is 2. The van der Waals surface area contributed by atoms with Crippen LogP contribution >= 0.6 is 0 Å². The Kier molecular flexibility index (Phi) is 7.44. The molecule has 6 nitrogen and oxygen atoms in total. The van der Waals surface area contributed by atoms with Crippen molar-refractivity contribution in [3.63, 3.8) is 0 Å². The molecule has 3 amide bonds. The van der Waals surface area contributed by atoms with E-state index < -0.39 is 11.7 Å². The number of nitrogens with zero attached hydrogens (tertiary/aromatic N) is 1. The van der Waals surface area contributed by atoms with Crippen LogP contribution in [0.25, 0.3) is 11.1 Å². The first-order valence-electron chi connectivity index (χ1n) is 11.8. The topological polar surface area (TPSA) is 92.5 Å². The van der Waals surface area contributed by atoms with Gasteiger partial charge in [-0.3, -0.25) is 14.4 Å². The molecule has 0 radical (unpaired) electrons. The van der Waals surface area contributed by atoms with E-state index in [1.807, 2.05) is 32.6 Å². The first-order chi connectivity index (χ1) is 15.9. The summed E-state index contributed by atoms with van der Waals surface area (Å²) < 4.78 is 14.7. The molecule has 0 spiro atoms. The lowest BCUT2D eigenvalue weighted by molar-refractivity contribution is 0.0743. The van der Waals surface area contributed by atoms with Crippen LogP contribution in [0.4, 0.5) is 4.39 Å². The molecular weight excluding hydrogens is 433 g/mol. The zero-order chi connectivity index (χ0) is 25.2. The summed E-state index contributed by atoms with van der Waals surface area (Å²) in [6.07, 6.45) is 2.68. The third-order valence-corrected chi connectivity index (χ3v) is 5.92. The minimum absolute atomic E-state index is 0.0242. The smallest absolute Gasteiger partial charge is 0.254 e. The molecule has 2 aromatic rings. The van der Waals surface area contributed by atoms with Crippen molar-refractivity contribution in [1.82, 2.24) is 10.2 Å². The van der Waals surface area contributed by atoms with E-state index in [9.17, 15) is 18.8 Å². The van der Waals surface area contributed by atoms with Gasteiger partial charge in [-0.2, -0.15) is 0 Å². The minimum Gasteiger partial charge on any atom is -0.366 e. The fourth-order valence-corrected chi connectivity index (χ4v) is 3.88. The lowest BCUT2D eigenvalue weighted by Gasteiger charge is -2.24. The second kappa shape index (κ2) is 9.95. The average Bonchev–Trinajstić information content (AvgIpc) is 3.61. The Morgan fingerprint density at radius 2 is 1.76 bits per heavy atom. The summed E-state index contributed by atoms with van der Waals surface area (Å²) >= 11 is 0. The Morgan fingerprint density at radius 3 is 2.32 bits per heavy atom. The molecule has 0 bridgehead atoms. The molecular formula is C27H34FN3O3. The van der Waals surface area contributed by atoms with Crippen molar-refractivity contribution < 1.29 is 18.8 Å². The second-order valence-corrected chi connectivity index (χ2v) is 10.2. The number of carbonyl (C=O) groups excluding carboxylic acids is 3. The highest BCUT2D eigenvalue weighted by atomic mass is 19.1. The highest BCUT2D eigenvalue weighted by molar-refractivity contribution is 6.05. The summed E-state index contributed by atoms with van der Waals surface area (Å²) in [6.45, 7) is 10.7. The molecule has 7 heteroatoms. The summed E-state index contributed by atoms with van der Waals surface area (Å²) in [5.74, 6) is -1.81. The lowest BCUT2D eigenvalue weighted by Crippen LogP contribution is -2.35. The molecule has 3 N–H and O–H groups in total. The van der Waals surface area contributed by atoms with Gasteiger partial charge in [-0.05, 0) is 72.6 Å². The van der Waals surface area contributed by atoms with E-state index >= 15 is 0 Å². The molecule has 0 aromatic heterocycles. The quantitative estimate of drug-likeness (QED) is 0.590. The molecule has 1 aliphatic rings. The van der Waals surface area contributed by atoms with Crippen LogP contribution in [0.1, 0.15) is 83.6 Å². The standard InChI is InChI=1S/C27H34FN3O3/c1-6-11-31(19-8-9-19)26(34)22-12-17(25(33)30-15-27(3,4)5)7-10-20(22)21-13-18(24(29)32)14-23(28)16(21)2/h7,10,12-14,19H,6,8-9,11,15H2,1-5H3,(H2,29,32)(H,30,33). The predicted octanol–water partition coefficient (Wildman–Crippen LogP) is 4.69. The summed E-state index contributed by atoms with van der Waals surface area (Å²) in [6, 6.07) is 7.64. The number of halogens is 1. The first kappa shape index (κ1) is 25.4. The van der Waals surface area contributed by atoms with Gasteiger partial charge in [0.25, 0.3) is 11.8 Å². The van der Waals surface area contributed by atoms with Crippen molar-refractivity contribution in [3.05, 3.63) is 58.4 Å². The summed E-state index contributed by atoms with van der Waals surface area (Å²) in [5.41, 5.74) is 7.19. The van der Waals surface area contributed by atoms with Crippen LogP contribution in [0.3, 0.4) is 0 Å². The van der Waals surface area contributed by atoms with Gasteiger partial charge in [0.05, 0.1) is 0 Å². The van der Waals surface area contributed by atoms with Gasteiger partial charge in [-0.1, -0.05) is 33.8 Å². The molecule has 2 aromatic carbocycles. The number of amides is 3. The second-order valence-electron chi connectivity index (χ2n) is 10.2. The monoisotopic (exact) mass is 467 g/mol. The van der Waals surface area contributed by atoms with Gasteiger partial charge in [-0.15, -0.1) is 0 Å². The summed E-state index contributed by atoms with van der Waals surface area (Å²) in [5, 5.41) is 2.91. The van der Waals surface area contributed by atoms with Crippen molar-refractivity contribution in [3.8, 4) is 11.1 Å². The Bertz CT molecular complexity index is 1120. The van der Waals surface area contributed by atoms with E-state index in [0.29, 0.717) is 40.9 Å². The van der Waals surface area contributed by atoms with E-state index in [-0.39, 0.29) is 28.8 Å². The van der Waals surface area contributed by atoms with Gasteiger partial charge in [0.2, 0.25) is 5.91 Å². The van der Waals surface area contributed by atoms with Crippen molar-refractivity contribution in [2.75, 3.05) is 13.1 Å². The normalized spacial score (nSPS) is 13.5. The van der Waals surface area contributed by atoms with Gasteiger partial charge < -0.3 is 16.0 Å². The highest BCUT2D eigenvalue weighted by Gasteiger charge is 2.34. The van der Waals surface area contributed by atoms with E-state index in [0.717, 1.165) is 25.3 Å². The van der Waals surface area contributed by atoms with Gasteiger partial charge in [-0.25, -0.2) is 4.39 Å². The van der Waals surface area contributed by atoms with Crippen LogP contribution in [-0.2, 0) is 0 Å². The molecule has 1 fully saturated rings. The molecule has 0 unspecified atom stereocenters. The third-order valence-electron chi connectivity index (χ3n) is 5.92. The van der Waals surface area contributed by atoms with Crippen LogP contribution in [0.5, 0.6) is 0 Å². The number of benzene rings is 2. The molecule has 1 saturated carbocycles.